The molecule has 0 aliphatic rings. The van der Waals surface area contributed by atoms with Gasteiger partial charge in [-0.2, -0.15) is 5.10 Å². The SMILES string of the molecule is Cc1nn(CC(C)c2ccccc2)c(N)c1Br. The number of hydrogen-bond acceptors (Lipinski definition) is 2. The van der Waals surface area contributed by atoms with Crippen LogP contribution in [0, 0.1) is 6.92 Å². The number of rotatable bonds is 3. The molecule has 90 valence electrons. The highest BCUT2D eigenvalue weighted by Gasteiger charge is 2.13. The molecule has 1 atom stereocenters. The lowest BCUT2D eigenvalue weighted by molar-refractivity contribution is 0.547. The number of aromatic nitrogens is 2. The van der Waals surface area contributed by atoms with Crippen LogP contribution in [-0.4, -0.2) is 9.78 Å². The quantitative estimate of drug-likeness (QED) is 0.943. The molecule has 4 heteroatoms. The van der Waals surface area contributed by atoms with E-state index in [1.165, 1.54) is 5.56 Å². The summed E-state index contributed by atoms with van der Waals surface area (Å²) in [6.45, 7) is 4.92. The van der Waals surface area contributed by atoms with E-state index in [1.807, 2.05) is 17.7 Å². The molecule has 1 heterocycles. The van der Waals surface area contributed by atoms with Crippen LogP contribution in [0.4, 0.5) is 5.82 Å². The fraction of sp³-hybridized carbons (Fsp3) is 0.308. The van der Waals surface area contributed by atoms with Crippen molar-refractivity contribution in [3.05, 3.63) is 46.1 Å². The van der Waals surface area contributed by atoms with Crippen molar-refractivity contribution in [2.45, 2.75) is 26.3 Å². The second-order valence-electron chi connectivity index (χ2n) is 4.28. The average Bonchev–Trinajstić information content (AvgIpc) is 2.58. The van der Waals surface area contributed by atoms with Crippen LogP contribution in [0.3, 0.4) is 0 Å². The second-order valence-corrected chi connectivity index (χ2v) is 5.07. The number of benzene rings is 1. The number of aryl methyl sites for hydroxylation is 1. The highest BCUT2D eigenvalue weighted by atomic mass is 79.9. The number of halogens is 1. The van der Waals surface area contributed by atoms with Gasteiger partial charge in [0, 0.05) is 12.5 Å². The van der Waals surface area contributed by atoms with Crippen molar-refractivity contribution in [3.63, 3.8) is 0 Å². The topological polar surface area (TPSA) is 43.8 Å². The monoisotopic (exact) mass is 293 g/mol. The Morgan fingerprint density at radius 2 is 2.00 bits per heavy atom. The van der Waals surface area contributed by atoms with E-state index in [4.69, 9.17) is 5.73 Å². The molecule has 2 aromatic rings. The van der Waals surface area contributed by atoms with Crippen LogP contribution in [0.25, 0.3) is 0 Å². The van der Waals surface area contributed by atoms with Crippen molar-refractivity contribution in [1.82, 2.24) is 9.78 Å². The van der Waals surface area contributed by atoms with Crippen LogP contribution >= 0.6 is 15.9 Å². The van der Waals surface area contributed by atoms with Gasteiger partial charge in [0.25, 0.3) is 0 Å². The van der Waals surface area contributed by atoms with E-state index >= 15 is 0 Å². The Kier molecular flexibility index (Phi) is 3.52. The Hall–Kier alpha value is -1.29. The van der Waals surface area contributed by atoms with Crippen molar-refractivity contribution in [3.8, 4) is 0 Å². The molecule has 1 aromatic carbocycles. The number of nitrogens with two attached hydrogens (primary N) is 1. The van der Waals surface area contributed by atoms with Gasteiger partial charge in [-0.05, 0) is 28.4 Å². The summed E-state index contributed by atoms with van der Waals surface area (Å²) in [5.74, 6) is 1.09. The summed E-state index contributed by atoms with van der Waals surface area (Å²) in [5, 5.41) is 4.42. The lowest BCUT2D eigenvalue weighted by Crippen LogP contribution is -2.10. The normalized spacial score (nSPS) is 12.6. The molecular formula is C13H16BrN3. The van der Waals surface area contributed by atoms with Crippen molar-refractivity contribution in [2.24, 2.45) is 0 Å². The maximum absolute atomic E-state index is 5.98. The van der Waals surface area contributed by atoms with Crippen LogP contribution in [0.2, 0.25) is 0 Å². The van der Waals surface area contributed by atoms with Crippen LogP contribution in [0.1, 0.15) is 24.1 Å². The first-order valence-electron chi connectivity index (χ1n) is 5.63. The van der Waals surface area contributed by atoms with Crippen LogP contribution in [0.5, 0.6) is 0 Å². The maximum atomic E-state index is 5.98. The van der Waals surface area contributed by atoms with Gasteiger partial charge in [-0.15, -0.1) is 0 Å². The van der Waals surface area contributed by atoms with Gasteiger partial charge in [0.15, 0.2) is 0 Å². The minimum absolute atomic E-state index is 0.393. The standard InChI is InChI=1S/C13H16BrN3/c1-9(11-6-4-3-5-7-11)8-17-13(15)12(14)10(2)16-17/h3-7,9H,8,15H2,1-2H3. The minimum Gasteiger partial charge on any atom is -0.383 e. The summed E-state index contributed by atoms with van der Waals surface area (Å²) in [5.41, 5.74) is 8.22. The Morgan fingerprint density at radius 3 is 2.53 bits per heavy atom. The molecule has 0 saturated heterocycles. The molecular weight excluding hydrogens is 278 g/mol. The lowest BCUT2D eigenvalue weighted by Gasteiger charge is -2.12. The maximum Gasteiger partial charge on any atom is 0.136 e. The molecule has 0 amide bonds. The predicted molar refractivity (Wildman–Crippen MR) is 73.9 cm³/mol. The van der Waals surface area contributed by atoms with Gasteiger partial charge in [0.2, 0.25) is 0 Å². The molecule has 1 aromatic heterocycles. The summed E-state index contributed by atoms with van der Waals surface area (Å²) in [7, 11) is 0. The third kappa shape index (κ3) is 2.52. The van der Waals surface area contributed by atoms with E-state index in [2.05, 4.69) is 52.2 Å². The molecule has 0 bridgehead atoms. The van der Waals surface area contributed by atoms with Crippen LogP contribution in [0.15, 0.2) is 34.8 Å². The molecule has 2 N–H and O–H groups in total. The summed E-state index contributed by atoms with van der Waals surface area (Å²) < 4.78 is 2.76. The van der Waals surface area contributed by atoms with Gasteiger partial charge in [0.1, 0.15) is 5.82 Å². The van der Waals surface area contributed by atoms with Gasteiger partial charge < -0.3 is 5.73 Å². The van der Waals surface area contributed by atoms with E-state index in [0.29, 0.717) is 11.7 Å². The number of nitrogen functional groups attached to an aromatic ring is 1. The van der Waals surface area contributed by atoms with Crippen LogP contribution < -0.4 is 5.73 Å². The highest BCUT2D eigenvalue weighted by molar-refractivity contribution is 9.10. The van der Waals surface area contributed by atoms with Gasteiger partial charge in [-0.25, -0.2) is 4.68 Å². The van der Waals surface area contributed by atoms with E-state index in [0.717, 1.165) is 16.7 Å². The Bertz CT molecular complexity index is 505. The van der Waals surface area contributed by atoms with Gasteiger partial charge in [-0.1, -0.05) is 37.3 Å². The van der Waals surface area contributed by atoms with Crippen LogP contribution in [-0.2, 0) is 6.54 Å². The zero-order valence-electron chi connectivity index (χ0n) is 10.0. The Morgan fingerprint density at radius 1 is 1.35 bits per heavy atom. The zero-order chi connectivity index (χ0) is 12.4. The van der Waals surface area contributed by atoms with Crippen molar-refractivity contribution in [1.29, 1.82) is 0 Å². The first kappa shape index (κ1) is 12.2. The minimum atomic E-state index is 0.393. The summed E-state index contributed by atoms with van der Waals surface area (Å²) in [6, 6.07) is 10.4. The third-order valence-electron chi connectivity index (χ3n) is 2.91. The van der Waals surface area contributed by atoms with E-state index in [-0.39, 0.29) is 0 Å². The molecule has 0 saturated carbocycles. The number of nitrogens with zero attached hydrogens (tertiary/aromatic N) is 2. The Balaban J connectivity index is 2.19. The molecule has 17 heavy (non-hydrogen) atoms. The number of hydrogen-bond donors (Lipinski definition) is 1. The summed E-state index contributed by atoms with van der Waals surface area (Å²) in [4.78, 5) is 0. The molecule has 2 rings (SSSR count). The summed E-state index contributed by atoms with van der Waals surface area (Å²) >= 11 is 3.44. The van der Waals surface area contributed by atoms with E-state index in [1.54, 1.807) is 0 Å². The largest absolute Gasteiger partial charge is 0.383 e. The smallest absolute Gasteiger partial charge is 0.136 e. The Labute approximate surface area is 110 Å². The highest BCUT2D eigenvalue weighted by Crippen LogP contribution is 2.25. The molecule has 0 radical (unpaired) electrons. The molecule has 0 fully saturated rings. The van der Waals surface area contributed by atoms with E-state index in [9.17, 15) is 0 Å². The van der Waals surface area contributed by atoms with Gasteiger partial charge in [-0.3, -0.25) is 0 Å². The van der Waals surface area contributed by atoms with Gasteiger partial charge in [0.05, 0.1) is 10.2 Å². The zero-order valence-corrected chi connectivity index (χ0v) is 11.6. The van der Waals surface area contributed by atoms with Crippen molar-refractivity contribution < 1.29 is 0 Å². The average molecular weight is 294 g/mol. The summed E-state index contributed by atoms with van der Waals surface area (Å²) in [6.07, 6.45) is 0. The predicted octanol–water partition coefficient (Wildman–Crippen LogP) is 3.34. The van der Waals surface area contributed by atoms with Crippen molar-refractivity contribution in [2.75, 3.05) is 5.73 Å². The lowest BCUT2D eigenvalue weighted by atomic mass is 10.0. The van der Waals surface area contributed by atoms with E-state index < -0.39 is 0 Å². The molecule has 0 aliphatic carbocycles. The molecule has 0 aliphatic heterocycles. The molecule has 0 spiro atoms. The third-order valence-corrected chi connectivity index (χ3v) is 3.89. The fourth-order valence-corrected chi connectivity index (χ4v) is 2.15. The first-order chi connectivity index (χ1) is 8.09. The first-order valence-corrected chi connectivity index (χ1v) is 6.42. The number of anilines is 1. The second kappa shape index (κ2) is 4.92. The fourth-order valence-electron chi connectivity index (χ4n) is 1.86. The molecule has 1 unspecified atom stereocenters. The van der Waals surface area contributed by atoms with Crippen molar-refractivity contribution >= 4 is 21.7 Å². The molecule has 3 nitrogen and oxygen atoms in total. The van der Waals surface area contributed by atoms with Gasteiger partial charge >= 0.3 is 0 Å².